The third kappa shape index (κ3) is 5.45. The van der Waals surface area contributed by atoms with Gasteiger partial charge in [0.25, 0.3) is 5.56 Å². The van der Waals surface area contributed by atoms with Gasteiger partial charge >= 0.3 is 12.3 Å². The van der Waals surface area contributed by atoms with E-state index >= 15 is 0 Å². The highest BCUT2D eigenvalue weighted by Gasteiger charge is 2.26. The Hall–Kier alpha value is -4.49. The molecular weight excluding hydrogens is 562 g/mol. The Bertz CT molecular complexity index is 1850. The van der Waals surface area contributed by atoms with Crippen LogP contribution >= 0.6 is 11.3 Å². The zero-order valence-electron chi connectivity index (χ0n) is 21.8. The third-order valence-electron chi connectivity index (χ3n) is 6.25. The summed E-state index contributed by atoms with van der Waals surface area (Å²) in [6.07, 6.45) is 0. The molecule has 0 unspecified atom stereocenters. The molecule has 0 saturated heterocycles. The van der Waals surface area contributed by atoms with E-state index in [1.54, 1.807) is 38.4 Å². The van der Waals surface area contributed by atoms with E-state index in [1.165, 1.54) is 18.2 Å². The molecule has 0 radical (unpaired) electrons. The largest absolute Gasteiger partial charge is 0.417 e. The highest BCUT2D eigenvalue weighted by molar-refractivity contribution is 7.22. The molecule has 0 fully saturated rings. The third-order valence-corrected chi connectivity index (χ3v) is 7.55. The molecule has 5 rings (SSSR count). The first-order valence-electron chi connectivity index (χ1n) is 12.2. The van der Waals surface area contributed by atoms with Crippen LogP contribution in [0.25, 0.3) is 26.5 Å². The number of hydrogen-bond acceptors (Lipinski definition) is 7. The molecule has 0 saturated carbocycles. The van der Waals surface area contributed by atoms with Crippen molar-refractivity contribution >= 4 is 27.2 Å². The number of fused-ring (bicyclic) bond motifs is 1. The van der Waals surface area contributed by atoms with E-state index < -0.39 is 41.9 Å². The van der Waals surface area contributed by atoms with Crippen LogP contribution in [0, 0.1) is 11.6 Å². The summed E-state index contributed by atoms with van der Waals surface area (Å²) in [5, 5.41) is 0.119. The van der Waals surface area contributed by atoms with Gasteiger partial charge in [0.15, 0.2) is 0 Å². The van der Waals surface area contributed by atoms with Crippen molar-refractivity contribution in [2.24, 2.45) is 0 Å². The summed E-state index contributed by atoms with van der Waals surface area (Å²) in [5.41, 5.74) is 5.54. The maximum absolute atomic E-state index is 14.8. The Morgan fingerprint density at radius 3 is 2.27 bits per heavy atom. The second-order valence-electron chi connectivity index (χ2n) is 9.37. The first-order valence-corrected chi connectivity index (χ1v) is 13.0. The molecule has 5 aromatic rings. The van der Waals surface area contributed by atoms with Gasteiger partial charge in [0.2, 0.25) is 5.88 Å². The maximum Gasteiger partial charge on any atom is 0.388 e. The Labute approximate surface area is 234 Å². The predicted molar refractivity (Wildman–Crippen MR) is 149 cm³/mol. The summed E-state index contributed by atoms with van der Waals surface area (Å²) in [4.78, 5) is 34.6. The summed E-state index contributed by atoms with van der Waals surface area (Å²) >= 11 is 1.12. The second-order valence-corrected chi connectivity index (χ2v) is 10.4. The van der Waals surface area contributed by atoms with Crippen LogP contribution < -0.4 is 21.7 Å². The fourth-order valence-electron chi connectivity index (χ4n) is 4.47. The molecular formula is C28H23F4N5O3S. The molecule has 0 aliphatic carbocycles. The van der Waals surface area contributed by atoms with Crippen LogP contribution in [0.2, 0.25) is 0 Å². The number of aromatic nitrogens is 3. The fourth-order valence-corrected chi connectivity index (χ4v) is 5.77. The molecule has 0 amide bonds. The van der Waals surface area contributed by atoms with Crippen LogP contribution in [0.4, 0.5) is 23.2 Å². The van der Waals surface area contributed by atoms with E-state index in [9.17, 15) is 27.2 Å². The van der Waals surface area contributed by atoms with Gasteiger partial charge in [-0.1, -0.05) is 24.3 Å². The number of anilines is 1. The number of nitrogen functional groups attached to an aromatic ring is 1. The van der Waals surface area contributed by atoms with Gasteiger partial charge in [-0.25, -0.2) is 18.1 Å². The van der Waals surface area contributed by atoms with Crippen LogP contribution in [0.3, 0.4) is 0 Å². The van der Waals surface area contributed by atoms with E-state index in [2.05, 4.69) is 9.72 Å². The minimum Gasteiger partial charge on any atom is -0.417 e. The highest BCUT2D eigenvalue weighted by atomic mass is 32.1. The molecule has 41 heavy (non-hydrogen) atoms. The fraction of sp³-hybridized carbons (Fsp3) is 0.179. The van der Waals surface area contributed by atoms with Crippen molar-refractivity contribution in [2.45, 2.75) is 19.7 Å². The summed E-state index contributed by atoms with van der Waals surface area (Å²) in [6.45, 7) is -3.48. The number of hydrogen-bond donors (Lipinski definition) is 1. The van der Waals surface area contributed by atoms with Gasteiger partial charge in [-0.15, -0.1) is 11.3 Å². The molecule has 3 heterocycles. The summed E-state index contributed by atoms with van der Waals surface area (Å²) in [6, 6.07) is 14.0. The first kappa shape index (κ1) is 28.1. The number of thiophene rings is 1. The molecule has 13 heteroatoms. The van der Waals surface area contributed by atoms with Crippen molar-refractivity contribution in [1.82, 2.24) is 19.0 Å². The lowest BCUT2D eigenvalue weighted by atomic mass is 10.1. The predicted octanol–water partition coefficient (Wildman–Crippen LogP) is 4.85. The van der Waals surface area contributed by atoms with E-state index in [4.69, 9.17) is 5.73 Å². The number of ether oxygens (including phenoxy) is 1. The van der Waals surface area contributed by atoms with Crippen molar-refractivity contribution in [3.63, 3.8) is 0 Å². The van der Waals surface area contributed by atoms with Gasteiger partial charge in [0, 0.05) is 28.7 Å². The SMILES string of the molecule is CN(C)Cc1c(-c2ccc(N)cc2)sc2c1c(=O)n(-c1cccc(OC(F)F)n1)c(=O)n2Cc1c(F)cccc1F. The van der Waals surface area contributed by atoms with E-state index in [0.29, 0.717) is 26.3 Å². The van der Waals surface area contributed by atoms with Gasteiger partial charge in [-0.3, -0.25) is 9.36 Å². The standard InChI is InChI=1S/C28H23F4N5O3S/c1-35(2)13-18-23-25(38)37(21-7-4-8-22(34-21)40-27(31)32)28(39)36(14-17-19(29)5-3-6-20(17)30)26(23)41-24(18)15-9-11-16(33)12-10-15/h3-12,27H,13-14,33H2,1-2H3. The van der Waals surface area contributed by atoms with Gasteiger partial charge in [0.05, 0.1) is 11.9 Å². The normalized spacial score (nSPS) is 11.6. The number of nitrogens with zero attached hydrogens (tertiary/aromatic N) is 4. The molecule has 0 atom stereocenters. The van der Waals surface area contributed by atoms with Crippen LogP contribution in [-0.4, -0.2) is 39.7 Å². The zero-order chi connectivity index (χ0) is 29.4. The lowest BCUT2D eigenvalue weighted by molar-refractivity contribution is -0.0528. The first-order chi connectivity index (χ1) is 19.5. The minimum absolute atomic E-state index is 0.119. The van der Waals surface area contributed by atoms with Crippen molar-refractivity contribution < 1.29 is 22.3 Å². The molecule has 0 aliphatic rings. The molecule has 8 nitrogen and oxygen atoms in total. The van der Waals surface area contributed by atoms with Gasteiger partial charge in [-0.2, -0.15) is 13.8 Å². The second kappa shape index (κ2) is 11.2. The number of alkyl halides is 2. The Balaban J connectivity index is 1.88. The Morgan fingerprint density at radius 1 is 0.976 bits per heavy atom. The number of halogens is 4. The number of rotatable bonds is 8. The monoisotopic (exact) mass is 585 g/mol. The highest BCUT2D eigenvalue weighted by Crippen LogP contribution is 2.38. The van der Waals surface area contributed by atoms with Crippen LogP contribution in [0.1, 0.15) is 11.1 Å². The zero-order valence-corrected chi connectivity index (χ0v) is 22.6. The number of pyridine rings is 1. The van der Waals surface area contributed by atoms with E-state index in [1.807, 2.05) is 4.90 Å². The van der Waals surface area contributed by atoms with Gasteiger partial charge in [-0.05, 0) is 55.6 Å². The van der Waals surface area contributed by atoms with Gasteiger partial charge in [0.1, 0.15) is 22.3 Å². The molecule has 0 bridgehead atoms. The molecule has 0 spiro atoms. The van der Waals surface area contributed by atoms with Crippen molar-refractivity contribution in [3.05, 3.63) is 104 Å². The average molecular weight is 586 g/mol. The summed E-state index contributed by atoms with van der Waals surface area (Å²) < 4.78 is 61.5. The topological polar surface area (TPSA) is 95.4 Å². The van der Waals surface area contributed by atoms with Crippen LogP contribution in [0.15, 0.2) is 70.3 Å². The van der Waals surface area contributed by atoms with E-state index in [-0.39, 0.29) is 28.1 Å². The quantitative estimate of drug-likeness (QED) is 0.207. The average Bonchev–Trinajstić information content (AvgIpc) is 3.27. The lowest BCUT2D eigenvalue weighted by Crippen LogP contribution is -2.39. The van der Waals surface area contributed by atoms with E-state index in [0.717, 1.165) is 34.1 Å². The smallest absolute Gasteiger partial charge is 0.388 e. The van der Waals surface area contributed by atoms with Crippen molar-refractivity contribution in [2.75, 3.05) is 19.8 Å². The van der Waals surface area contributed by atoms with Crippen LogP contribution in [0.5, 0.6) is 5.88 Å². The number of nitrogens with two attached hydrogens (primary N) is 1. The maximum atomic E-state index is 14.8. The molecule has 2 aromatic carbocycles. The Kier molecular flexibility index (Phi) is 7.65. The lowest BCUT2D eigenvalue weighted by Gasteiger charge is -2.15. The minimum atomic E-state index is -3.19. The van der Waals surface area contributed by atoms with Gasteiger partial charge < -0.3 is 15.4 Å². The number of benzene rings is 2. The van der Waals surface area contributed by atoms with Crippen LogP contribution in [-0.2, 0) is 13.1 Å². The molecule has 0 aliphatic heterocycles. The summed E-state index contributed by atoms with van der Waals surface area (Å²) in [5.74, 6) is -2.56. The summed E-state index contributed by atoms with van der Waals surface area (Å²) in [7, 11) is 3.60. The molecule has 2 N–H and O–H groups in total. The molecule has 3 aromatic heterocycles. The Morgan fingerprint density at radius 2 is 1.63 bits per heavy atom. The molecule has 212 valence electrons. The van der Waals surface area contributed by atoms with Crippen molar-refractivity contribution in [1.29, 1.82) is 0 Å². The van der Waals surface area contributed by atoms with Crippen molar-refractivity contribution in [3.8, 4) is 22.1 Å².